The van der Waals surface area contributed by atoms with Crippen molar-refractivity contribution in [1.29, 1.82) is 0 Å². The van der Waals surface area contributed by atoms with Gasteiger partial charge in [0.05, 0.1) is 5.57 Å². The lowest BCUT2D eigenvalue weighted by Crippen LogP contribution is -2.54. The topological polar surface area (TPSA) is 81.2 Å². The highest BCUT2D eigenvalue weighted by molar-refractivity contribution is 6.20. The standard InChI is InChI=1S/C15H23N3O4/c1-10-8-11(4-6-17(10)15(21)22)18-7-5-13(19)12(14(18)20)9-16(2)3/h9-11H,4-8H2,1-3H3,(H,21,22)/b12-9+/t10-,11?/m1/s1. The van der Waals surface area contributed by atoms with Crippen molar-refractivity contribution in [3.63, 3.8) is 0 Å². The van der Waals surface area contributed by atoms with E-state index in [-0.39, 0.29) is 29.3 Å². The molecule has 1 unspecified atom stereocenters. The molecule has 2 aliphatic rings. The molecule has 0 aliphatic carbocycles. The van der Waals surface area contributed by atoms with Crippen molar-refractivity contribution in [2.24, 2.45) is 0 Å². The van der Waals surface area contributed by atoms with E-state index in [1.807, 2.05) is 6.92 Å². The number of carbonyl (C=O) groups excluding carboxylic acids is 2. The molecule has 0 aromatic heterocycles. The Hall–Kier alpha value is -2.05. The van der Waals surface area contributed by atoms with E-state index in [0.29, 0.717) is 32.4 Å². The summed E-state index contributed by atoms with van der Waals surface area (Å²) in [5, 5.41) is 9.12. The molecule has 122 valence electrons. The first-order chi connectivity index (χ1) is 10.3. The van der Waals surface area contributed by atoms with Crippen molar-refractivity contribution in [2.75, 3.05) is 27.2 Å². The van der Waals surface area contributed by atoms with E-state index in [4.69, 9.17) is 5.11 Å². The van der Waals surface area contributed by atoms with Gasteiger partial charge in [-0.15, -0.1) is 0 Å². The van der Waals surface area contributed by atoms with Crippen LogP contribution in [-0.4, -0.2) is 76.9 Å². The van der Waals surface area contributed by atoms with Gasteiger partial charge in [-0.3, -0.25) is 9.59 Å². The molecule has 0 bridgehead atoms. The molecular weight excluding hydrogens is 286 g/mol. The van der Waals surface area contributed by atoms with Crippen LogP contribution in [0.5, 0.6) is 0 Å². The van der Waals surface area contributed by atoms with Crippen molar-refractivity contribution in [1.82, 2.24) is 14.7 Å². The first-order valence-corrected chi connectivity index (χ1v) is 7.53. The number of ketones is 1. The van der Waals surface area contributed by atoms with Crippen LogP contribution in [0.4, 0.5) is 4.79 Å². The average Bonchev–Trinajstić information content (AvgIpc) is 2.42. The molecule has 0 aromatic rings. The van der Waals surface area contributed by atoms with E-state index in [1.54, 1.807) is 30.1 Å². The number of Topliss-reactive ketones (excluding diaryl/α,β-unsaturated/α-hetero) is 1. The third kappa shape index (κ3) is 3.23. The van der Waals surface area contributed by atoms with E-state index in [0.717, 1.165) is 0 Å². The molecule has 2 atom stereocenters. The van der Waals surface area contributed by atoms with Gasteiger partial charge in [0.2, 0.25) is 0 Å². The molecule has 2 heterocycles. The fourth-order valence-electron chi connectivity index (χ4n) is 3.18. The van der Waals surface area contributed by atoms with Gasteiger partial charge in [0, 0.05) is 51.9 Å². The predicted molar refractivity (Wildman–Crippen MR) is 80.3 cm³/mol. The average molecular weight is 309 g/mol. The summed E-state index contributed by atoms with van der Waals surface area (Å²) in [5.41, 5.74) is 0.226. The van der Waals surface area contributed by atoms with Gasteiger partial charge in [-0.2, -0.15) is 0 Å². The third-order valence-corrected chi connectivity index (χ3v) is 4.29. The van der Waals surface area contributed by atoms with E-state index < -0.39 is 6.09 Å². The van der Waals surface area contributed by atoms with Crippen molar-refractivity contribution in [2.45, 2.75) is 38.3 Å². The smallest absolute Gasteiger partial charge is 0.407 e. The highest BCUT2D eigenvalue weighted by Gasteiger charge is 2.38. The first-order valence-electron chi connectivity index (χ1n) is 7.53. The maximum Gasteiger partial charge on any atom is 0.407 e. The maximum atomic E-state index is 12.6. The molecule has 22 heavy (non-hydrogen) atoms. The molecule has 2 fully saturated rings. The molecule has 7 heteroatoms. The summed E-state index contributed by atoms with van der Waals surface area (Å²) in [7, 11) is 3.56. The summed E-state index contributed by atoms with van der Waals surface area (Å²) >= 11 is 0. The lowest BCUT2D eigenvalue weighted by atomic mass is 9.93. The van der Waals surface area contributed by atoms with E-state index in [9.17, 15) is 14.4 Å². The summed E-state index contributed by atoms with van der Waals surface area (Å²) in [6.07, 6.45) is 2.22. The quantitative estimate of drug-likeness (QED) is 0.602. The minimum atomic E-state index is -0.917. The van der Waals surface area contributed by atoms with Gasteiger partial charge in [0.1, 0.15) is 0 Å². The van der Waals surface area contributed by atoms with Gasteiger partial charge in [-0.05, 0) is 19.8 Å². The van der Waals surface area contributed by atoms with E-state index >= 15 is 0 Å². The molecule has 2 aliphatic heterocycles. The lowest BCUT2D eigenvalue weighted by molar-refractivity contribution is -0.136. The molecule has 2 rings (SSSR count). The summed E-state index contributed by atoms with van der Waals surface area (Å²) in [4.78, 5) is 40.5. The van der Waals surface area contributed by atoms with Crippen molar-refractivity contribution >= 4 is 17.8 Å². The number of likely N-dealkylation sites (tertiary alicyclic amines) is 2. The zero-order valence-corrected chi connectivity index (χ0v) is 13.3. The normalized spacial score (nSPS) is 28.2. The van der Waals surface area contributed by atoms with Crippen LogP contribution in [0, 0.1) is 0 Å². The van der Waals surface area contributed by atoms with Crippen LogP contribution in [0.15, 0.2) is 11.8 Å². The molecule has 1 N–H and O–H groups in total. The zero-order valence-electron chi connectivity index (χ0n) is 13.3. The van der Waals surface area contributed by atoms with Gasteiger partial charge < -0.3 is 19.8 Å². The van der Waals surface area contributed by atoms with Crippen LogP contribution in [0.2, 0.25) is 0 Å². The summed E-state index contributed by atoms with van der Waals surface area (Å²) in [6.45, 7) is 2.70. The van der Waals surface area contributed by atoms with Gasteiger partial charge in [0.25, 0.3) is 5.91 Å². The zero-order chi connectivity index (χ0) is 16.4. The Balaban J connectivity index is 2.12. The fraction of sp³-hybridized carbons (Fsp3) is 0.667. The molecule has 7 nitrogen and oxygen atoms in total. The largest absolute Gasteiger partial charge is 0.465 e. The number of hydrogen-bond donors (Lipinski definition) is 1. The van der Waals surface area contributed by atoms with Crippen molar-refractivity contribution < 1.29 is 19.5 Å². The van der Waals surface area contributed by atoms with E-state index in [2.05, 4.69) is 0 Å². The summed E-state index contributed by atoms with van der Waals surface area (Å²) in [5.74, 6) is -0.350. The van der Waals surface area contributed by atoms with Crippen molar-refractivity contribution in [3.8, 4) is 0 Å². The Morgan fingerprint density at radius 1 is 1.32 bits per heavy atom. The van der Waals surface area contributed by atoms with Crippen LogP contribution < -0.4 is 0 Å². The van der Waals surface area contributed by atoms with Crippen LogP contribution in [0.25, 0.3) is 0 Å². The Bertz CT molecular complexity index is 515. The highest BCUT2D eigenvalue weighted by Crippen LogP contribution is 2.26. The maximum absolute atomic E-state index is 12.6. The minimum Gasteiger partial charge on any atom is -0.465 e. The van der Waals surface area contributed by atoms with Crippen LogP contribution in [-0.2, 0) is 9.59 Å². The molecule has 2 saturated heterocycles. The number of piperidine rings is 2. The Kier molecular flexibility index (Phi) is 4.73. The first kappa shape index (κ1) is 16.3. The van der Waals surface area contributed by atoms with Gasteiger partial charge in [0.15, 0.2) is 5.78 Å². The Labute approximate surface area is 130 Å². The van der Waals surface area contributed by atoms with Crippen LogP contribution in [0.3, 0.4) is 0 Å². The minimum absolute atomic E-state index is 0.00300. The number of carbonyl (C=O) groups is 3. The van der Waals surface area contributed by atoms with Gasteiger partial charge >= 0.3 is 6.09 Å². The number of nitrogens with zero attached hydrogens (tertiary/aromatic N) is 3. The predicted octanol–water partition coefficient (Wildman–Crippen LogP) is 0.764. The second-order valence-electron chi connectivity index (χ2n) is 6.18. The Morgan fingerprint density at radius 3 is 2.55 bits per heavy atom. The molecule has 2 amide bonds. The Morgan fingerprint density at radius 2 is 2.00 bits per heavy atom. The number of hydrogen-bond acceptors (Lipinski definition) is 4. The molecule has 0 saturated carbocycles. The summed E-state index contributed by atoms with van der Waals surface area (Å²) in [6, 6.07) is -0.125. The van der Waals surface area contributed by atoms with E-state index in [1.165, 1.54) is 4.90 Å². The number of carboxylic acid groups (broad SMARTS) is 1. The van der Waals surface area contributed by atoms with Crippen LogP contribution >= 0.6 is 0 Å². The molecule has 0 spiro atoms. The summed E-state index contributed by atoms with van der Waals surface area (Å²) < 4.78 is 0. The second kappa shape index (κ2) is 6.37. The number of rotatable bonds is 2. The molecule has 0 radical (unpaired) electrons. The van der Waals surface area contributed by atoms with Crippen molar-refractivity contribution in [3.05, 3.63) is 11.8 Å². The monoisotopic (exact) mass is 309 g/mol. The SMILES string of the molecule is C[C@@H]1CC(N2CCC(=O)/C(=C\N(C)C)C2=O)CCN1C(=O)O. The molecular formula is C15H23N3O4. The second-order valence-corrected chi connectivity index (χ2v) is 6.18. The van der Waals surface area contributed by atoms with Gasteiger partial charge in [-0.1, -0.05) is 0 Å². The van der Waals surface area contributed by atoms with Gasteiger partial charge in [-0.25, -0.2) is 4.79 Å². The van der Waals surface area contributed by atoms with Crippen LogP contribution in [0.1, 0.15) is 26.2 Å². The fourth-order valence-corrected chi connectivity index (χ4v) is 3.18. The number of amides is 2. The lowest BCUT2D eigenvalue weighted by Gasteiger charge is -2.42. The highest BCUT2D eigenvalue weighted by atomic mass is 16.4. The third-order valence-electron chi connectivity index (χ3n) is 4.29. The molecule has 0 aromatic carbocycles.